The number of nitrogens with zero attached hydrogens (tertiary/aromatic N) is 1. The summed E-state index contributed by atoms with van der Waals surface area (Å²) >= 11 is 1.87. The molecule has 0 radical (unpaired) electrons. The zero-order valence-corrected chi connectivity index (χ0v) is 11.2. The number of rotatable bonds is 6. The number of thiazole rings is 1. The Labute approximate surface area is 103 Å². The first-order chi connectivity index (χ1) is 7.88. The first-order valence-electron chi connectivity index (χ1n) is 6.81. The Morgan fingerprint density at radius 3 is 2.88 bits per heavy atom. The maximum atomic E-state index is 4.76. The smallest absolute Gasteiger partial charge is 0.0928 e. The Kier molecular flexibility index (Phi) is 4.83. The second-order valence-corrected chi connectivity index (χ2v) is 5.99. The molecule has 0 bridgehead atoms. The molecule has 0 spiro atoms. The van der Waals surface area contributed by atoms with Crippen LogP contribution in [0.1, 0.15) is 62.6 Å². The van der Waals surface area contributed by atoms with Crippen LogP contribution in [-0.2, 0) is 12.8 Å². The van der Waals surface area contributed by atoms with E-state index < -0.39 is 0 Å². The van der Waals surface area contributed by atoms with Gasteiger partial charge < -0.3 is 0 Å². The van der Waals surface area contributed by atoms with Crippen LogP contribution < -0.4 is 0 Å². The maximum absolute atomic E-state index is 4.76. The largest absolute Gasteiger partial charge is 0.246 e. The van der Waals surface area contributed by atoms with Crippen LogP contribution in [0.25, 0.3) is 0 Å². The van der Waals surface area contributed by atoms with Crippen molar-refractivity contribution in [1.82, 2.24) is 4.98 Å². The van der Waals surface area contributed by atoms with Crippen LogP contribution in [-0.4, -0.2) is 4.98 Å². The van der Waals surface area contributed by atoms with Gasteiger partial charge in [-0.2, -0.15) is 0 Å². The monoisotopic (exact) mass is 237 g/mol. The van der Waals surface area contributed by atoms with E-state index in [2.05, 4.69) is 12.3 Å². The fourth-order valence-electron chi connectivity index (χ4n) is 2.59. The minimum absolute atomic E-state index is 0.936. The fourth-order valence-corrected chi connectivity index (χ4v) is 3.45. The second-order valence-electron chi connectivity index (χ2n) is 5.04. The van der Waals surface area contributed by atoms with Crippen LogP contribution in [0.5, 0.6) is 0 Å². The summed E-state index contributed by atoms with van der Waals surface area (Å²) < 4.78 is 0. The van der Waals surface area contributed by atoms with Crippen LogP contribution in [0.2, 0.25) is 0 Å². The lowest BCUT2D eigenvalue weighted by Gasteiger charge is -2.04. The number of hydrogen-bond donors (Lipinski definition) is 0. The summed E-state index contributed by atoms with van der Waals surface area (Å²) in [7, 11) is 0. The summed E-state index contributed by atoms with van der Waals surface area (Å²) in [5.41, 5.74) is 1.36. The van der Waals surface area contributed by atoms with Gasteiger partial charge in [0.25, 0.3) is 0 Å². The Balaban J connectivity index is 1.77. The normalized spacial score (nSPS) is 17.1. The Morgan fingerprint density at radius 2 is 2.12 bits per heavy atom. The second kappa shape index (κ2) is 6.39. The van der Waals surface area contributed by atoms with Gasteiger partial charge >= 0.3 is 0 Å². The molecule has 1 saturated carbocycles. The molecule has 1 aromatic heterocycles. The molecule has 16 heavy (non-hydrogen) atoms. The van der Waals surface area contributed by atoms with E-state index in [9.17, 15) is 0 Å². The molecule has 1 aromatic rings. The molecule has 2 rings (SSSR count). The van der Waals surface area contributed by atoms with E-state index in [-0.39, 0.29) is 0 Å². The van der Waals surface area contributed by atoms with Gasteiger partial charge in [0, 0.05) is 5.38 Å². The van der Waals surface area contributed by atoms with Crippen molar-refractivity contribution in [3.63, 3.8) is 0 Å². The molecule has 1 aliphatic carbocycles. The topological polar surface area (TPSA) is 12.9 Å². The van der Waals surface area contributed by atoms with E-state index in [0.717, 1.165) is 5.92 Å². The van der Waals surface area contributed by atoms with Gasteiger partial charge in [-0.1, -0.05) is 45.4 Å². The third-order valence-electron chi connectivity index (χ3n) is 3.57. The van der Waals surface area contributed by atoms with E-state index in [1.165, 1.54) is 68.5 Å². The molecular formula is C14H23NS. The quantitative estimate of drug-likeness (QED) is 0.658. The van der Waals surface area contributed by atoms with Crippen molar-refractivity contribution in [3.05, 3.63) is 16.1 Å². The average molecular weight is 237 g/mol. The first kappa shape index (κ1) is 12.1. The molecule has 0 aliphatic heterocycles. The standard InChI is InChI=1S/C14H23NS/c1-2-3-4-9-14-15-13(11-16-14)10-12-7-5-6-8-12/h11-12H,2-10H2,1H3. The van der Waals surface area contributed by atoms with Crippen molar-refractivity contribution in [3.8, 4) is 0 Å². The number of unbranched alkanes of at least 4 members (excludes halogenated alkanes) is 2. The van der Waals surface area contributed by atoms with Gasteiger partial charge in [0.05, 0.1) is 10.7 Å². The van der Waals surface area contributed by atoms with Gasteiger partial charge in [-0.25, -0.2) is 4.98 Å². The summed E-state index contributed by atoms with van der Waals surface area (Å²) in [5.74, 6) is 0.936. The Bertz CT molecular complexity index is 299. The lowest BCUT2D eigenvalue weighted by Crippen LogP contribution is -1.99. The number of hydrogen-bond acceptors (Lipinski definition) is 2. The van der Waals surface area contributed by atoms with Crippen molar-refractivity contribution in [2.24, 2.45) is 5.92 Å². The van der Waals surface area contributed by atoms with Gasteiger partial charge in [0.15, 0.2) is 0 Å². The van der Waals surface area contributed by atoms with Gasteiger partial charge in [0.1, 0.15) is 0 Å². The van der Waals surface area contributed by atoms with E-state index in [0.29, 0.717) is 0 Å². The van der Waals surface area contributed by atoms with E-state index in [4.69, 9.17) is 4.98 Å². The lowest BCUT2D eigenvalue weighted by atomic mass is 10.0. The first-order valence-corrected chi connectivity index (χ1v) is 7.69. The molecule has 0 saturated heterocycles. The highest BCUT2D eigenvalue weighted by Crippen LogP contribution is 2.28. The third kappa shape index (κ3) is 3.58. The van der Waals surface area contributed by atoms with Crippen molar-refractivity contribution in [1.29, 1.82) is 0 Å². The predicted octanol–water partition coefficient (Wildman–Crippen LogP) is 4.61. The Morgan fingerprint density at radius 1 is 1.31 bits per heavy atom. The van der Waals surface area contributed by atoms with Crippen LogP contribution in [0.4, 0.5) is 0 Å². The zero-order valence-electron chi connectivity index (χ0n) is 10.4. The molecule has 0 N–H and O–H groups in total. The molecule has 0 aromatic carbocycles. The Hall–Kier alpha value is -0.370. The zero-order chi connectivity index (χ0) is 11.2. The van der Waals surface area contributed by atoms with Crippen LogP contribution >= 0.6 is 11.3 Å². The number of aromatic nitrogens is 1. The molecule has 1 aliphatic rings. The average Bonchev–Trinajstić information content (AvgIpc) is 2.91. The summed E-state index contributed by atoms with van der Waals surface area (Å²) in [6.45, 7) is 2.26. The van der Waals surface area contributed by atoms with Gasteiger partial charge in [-0.05, 0) is 25.2 Å². The van der Waals surface area contributed by atoms with E-state index >= 15 is 0 Å². The highest BCUT2D eigenvalue weighted by Gasteiger charge is 2.16. The summed E-state index contributed by atoms with van der Waals surface area (Å²) in [6, 6.07) is 0. The number of aryl methyl sites for hydroxylation is 1. The van der Waals surface area contributed by atoms with Crippen molar-refractivity contribution in [2.75, 3.05) is 0 Å². The van der Waals surface area contributed by atoms with Crippen molar-refractivity contribution < 1.29 is 0 Å². The molecule has 1 nitrogen and oxygen atoms in total. The van der Waals surface area contributed by atoms with Crippen LogP contribution in [0, 0.1) is 5.92 Å². The van der Waals surface area contributed by atoms with E-state index in [1.54, 1.807) is 0 Å². The molecule has 2 heteroatoms. The van der Waals surface area contributed by atoms with Crippen LogP contribution in [0.15, 0.2) is 5.38 Å². The predicted molar refractivity (Wildman–Crippen MR) is 71.0 cm³/mol. The van der Waals surface area contributed by atoms with Crippen LogP contribution in [0.3, 0.4) is 0 Å². The minimum atomic E-state index is 0.936. The molecule has 0 amide bonds. The SMILES string of the molecule is CCCCCc1nc(CC2CCCC2)cs1. The lowest BCUT2D eigenvalue weighted by molar-refractivity contribution is 0.539. The maximum Gasteiger partial charge on any atom is 0.0928 e. The minimum Gasteiger partial charge on any atom is -0.246 e. The van der Waals surface area contributed by atoms with Crippen molar-refractivity contribution in [2.45, 2.75) is 64.7 Å². The van der Waals surface area contributed by atoms with Crippen molar-refractivity contribution >= 4 is 11.3 Å². The van der Waals surface area contributed by atoms with Gasteiger partial charge in [-0.15, -0.1) is 11.3 Å². The summed E-state index contributed by atoms with van der Waals surface area (Å²) in [5, 5.41) is 3.65. The third-order valence-corrected chi connectivity index (χ3v) is 4.52. The molecule has 0 unspecified atom stereocenters. The molecule has 1 heterocycles. The fraction of sp³-hybridized carbons (Fsp3) is 0.786. The summed E-state index contributed by atoms with van der Waals surface area (Å²) in [4.78, 5) is 4.76. The highest BCUT2D eigenvalue weighted by atomic mass is 32.1. The van der Waals surface area contributed by atoms with E-state index in [1.807, 2.05) is 11.3 Å². The molecule has 0 atom stereocenters. The van der Waals surface area contributed by atoms with Gasteiger partial charge in [-0.3, -0.25) is 0 Å². The molecule has 1 fully saturated rings. The molecule has 90 valence electrons. The molecular weight excluding hydrogens is 214 g/mol. The highest BCUT2D eigenvalue weighted by molar-refractivity contribution is 7.09. The summed E-state index contributed by atoms with van der Waals surface area (Å²) in [6.07, 6.45) is 12.2. The van der Waals surface area contributed by atoms with Gasteiger partial charge in [0.2, 0.25) is 0 Å².